The molecule has 0 radical (unpaired) electrons. The zero-order valence-electron chi connectivity index (χ0n) is 21.1. The van der Waals surface area contributed by atoms with E-state index in [2.05, 4.69) is 55.9 Å². The highest BCUT2D eigenvalue weighted by atomic mass is 19.1. The summed E-state index contributed by atoms with van der Waals surface area (Å²) in [4.78, 5) is 2.58. The highest BCUT2D eigenvalue weighted by Crippen LogP contribution is 2.40. The summed E-state index contributed by atoms with van der Waals surface area (Å²) in [5.74, 6) is 1.12. The van der Waals surface area contributed by atoms with Gasteiger partial charge in [0.05, 0.1) is 6.04 Å². The Kier molecular flexibility index (Phi) is 7.34. The Bertz CT molecular complexity index is 1020. The molecule has 3 N–H and O–H groups in total. The number of phenols is 1. The number of rotatable bonds is 7. The minimum atomic E-state index is -0.174. The van der Waals surface area contributed by atoms with Gasteiger partial charge in [0, 0.05) is 31.4 Å². The third kappa shape index (κ3) is 5.31. The zero-order valence-corrected chi connectivity index (χ0v) is 21.1. The molecule has 2 aromatic carbocycles. The lowest BCUT2D eigenvalue weighted by atomic mass is 9.68. The normalized spacial score (nSPS) is 26.2. The zero-order chi connectivity index (χ0) is 24.5. The van der Waals surface area contributed by atoms with Gasteiger partial charge in [-0.15, -0.1) is 0 Å². The van der Waals surface area contributed by atoms with E-state index in [1.165, 1.54) is 11.1 Å². The second-order valence-electron chi connectivity index (χ2n) is 10.9. The minimum absolute atomic E-state index is 0.0679. The van der Waals surface area contributed by atoms with Gasteiger partial charge in [-0.25, -0.2) is 4.39 Å². The van der Waals surface area contributed by atoms with Gasteiger partial charge in [0.25, 0.3) is 0 Å². The van der Waals surface area contributed by atoms with Gasteiger partial charge in [-0.05, 0) is 77.6 Å². The fourth-order valence-corrected chi connectivity index (χ4v) is 5.54. The fourth-order valence-electron chi connectivity index (χ4n) is 5.54. The quantitative estimate of drug-likeness (QED) is 0.540. The first-order chi connectivity index (χ1) is 16.2. The number of hydrogen-bond donors (Lipinski definition) is 3. The summed E-state index contributed by atoms with van der Waals surface area (Å²) < 4.78 is 13.5. The number of hydrogen-bond acceptors (Lipinski definition) is 4. The van der Waals surface area contributed by atoms with Gasteiger partial charge in [0.2, 0.25) is 0 Å². The number of benzene rings is 2. The van der Waals surface area contributed by atoms with E-state index in [9.17, 15) is 9.50 Å². The largest absolute Gasteiger partial charge is 0.508 e. The van der Waals surface area contributed by atoms with Crippen LogP contribution in [0.25, 0.3) is 0 Å². The van der Waals surface area contributed by atoms with E-state index in [0.29, 0.717) is 30.2 Å². The number of aromatic hydroxyl groups is 1. The maximum absolute atomic E-state index is 13.5. The molecule has 4 nitrogen and oxygen atoms in total. The molecule has 1 fully saturated rings. The van der Waals surface area contributed by atoms with Crippen LogP contribution in [0.15, 0.2) is 54.7 Å². The van der Waals surface area contributed by atoms with Crippen molar-refractivity contribution >= 4 is 0 Å². The Morgan fingerprint density at radius 2 is 2.06 bits per heavy atom. The number of phenolic OH excluding ortho intramolecular Hbond substituents is 1. The smallest absolute Gasteiger partial charge is 0.123 e. The van der Waals surface area contributed by atoms with Crippen molar-refractivity contribution in [3.63, 3.8) is 0 Å². The lowest BCUT2D eigenvalue weighted by Crippen LogP contribution is -2.53. The molecule has 0 spiro atoms. The average molecular weight is 466 g/mol. The molecule has 0 amide bonds. The third-order valence-electron chi connectivity index (χ3n) is 8.26. The van der Waals surface area contributed by atoms with Crippen LogP contribution in [0.3, 0.4) is 0 Å². The first-order valence-electron chi connectivity index (χ1n) is 12.6. The van der Waals surface area contributed by atoms with Crippen molar-refractivity contribution in [2.45, 2.75) is 64.6 Å². The monoisotopic (exact) mass is 465 g/mol. The predicted octanol–water partition coefficient (Wildman–Crippen LogP) is 4.97. The fraction of sp³-hybridized carbons (Fsp3) is 0.517. The van der Waals surface area contributed by atoms with E-state index in [1.54, 1.807) is 18.2 Å². The summed E-state index contributed by atoms with van der Waals surface area (Å²) in [5, 5.41) is 17.3. The number of likely N-dealkylation sites (tertiary alicyclic amines) is 1. The molecular formula is C29H40FN3O. The molecule has 0 unspecified atom stereocenters. The summed E-state index contributed by atoms with van der Waals surface area (Å²) in [6.07, 6.45) is 1.90. The van der Waals surface area contributed by atoms with Crippen molar-refractivity contribution in [3.05, 3.63) is 77.2 Å². The standard InChI is InChI=1S/C29H40FN3O/c1-19(2)28(32-21(4)27-14-22-9-10-25(30)13-23(22)16-31-27)18-33-12-11-29(5,20(3)17-33)24-7-6-8-26(34)15-24/h6-10,13,15,19-20,27-28,31-32,34H,4,11-12,14,16-18H2,1-3,5H3/t20-,27+,28+,29+/m0/s1. The molecule has 2 aliphatic heterocycles. The molecule has 1 saturated heterocycles. The van der Waals surface area contributed by atoms with Crippen LogP contribution in [-0.4, -0.2) is 41.7 Å². The number of piperidine rings is 1. The topological polar surface area (TPSA) is 47.5 Å². The van der Waals surface area contributed by atoms with Gasteiger partial charge in [-0.1, -0.05) is 52.5 Å². The SMILES string of the molecule is C=C(N[C@H](CN1CC[C@@](C)(c2cccc(O)c2)[C@@H](C)C1)C(C)C)[C@H]1Cc2ccc(F)cc2CN1. The molecule has 0 aliphatic carbocycles. The van der Waals surface area contributed by atoms with E-state index >= 15 is 0 Å². The molecule has 2 aromatic rings. The van der Waals surface area contributed by atoms with Crippen molar-refractivity contribution < 1.29 is 9.50 Å². The summed E-state index contributed by atoms with van der Waals surface area (Å²) in [7, 11) is 0. The number of fused-ring (bicyclic) bond motifs is 1. The van der Waals surface area contributed by atoms with Gasteiger partial charge < -0.3 is 20.6 Å². The van der Waals surface area contributed by atoms with Crippen LogP contribution in [0.4, 0.5) is 4.39 Å². The van der Waals surface area contributed by atoms with Gasteiger partial charge in [0.15, 0.2) is 0 Å². The second-order valence-corrected chi connectivity index (χ2v) is 10.9. The van der Waals surface area contributed by atoms with E-state index < -0.39 is 0 Å². The van der Waals surface area contributed by atoms with E-state index in [-0.39, 0.29) is 17.3 Å². The van der Waals surface area contributed by atoms with Crippen LogP contribution in [0, 0.1) is 17.7 Å². The molecule has 2 heterocycles. The Labute approximate surface area is 204 Å². The molecule has 2 aliphatic rings. The second kappa shape index (κ2) is 10.1. The van der Waals surface area contributed by atoms with Crippen LogP contribution in [0.1, 0.15) is 50.8 Å². The Morgan fingerprint density at radius 1 is 1.26 bits per heavy atom. The maximum atomic E-state index is 13.5. The first kappa shape index (κ1) is 24.7. The molecule has 34 heavy (non-hydrogen) atoms. The van der Waals surface area contributed by atoms with Gasteiger partial charge in [-0.3, -0.25) is 0 Å². The molecule has 5 heteroatoms. The van der Waals surface area contributed by atoms with Crippen molar-refractivity contribution in [3.8, 4) is 5.75 Å². The Balaban J connectivity index is 1.36. The molecule has 4 atom stereocenters. The molecule has 184 valence electrons. The van der Waals surface area contributed by atoms with E-state index in [0.717, 1.165) is 43.7 Å². The first-order valence-corrected chi connectivity index (χ1v) is 12.6. The minimum Gasteiger partial charge on any atom is -0.508 e. The van der Waals surface area contributed by atoms with Crippen LogP contribution in [-0.2, 0) is 18.4 Å². The van der Waals surface area contributed by atoms with Crippen LogP contribution in [0.2, 0.25) is 0 Å². The Morgan fingerprint density at radius 3 is 2.76 bits per heavy atom. The molecule has 0 bridgehead atoms. The van der Waals surface area contributed by atoms with Crippen LogP contribution >= 0.6 is 0 Å². The van der Waals surface area contributed by atoms with E-state index in [1.807, 2.05) is 18.2 Å². The van der Waals surface area contributed by atoms with Crippen molar-refractivity contribution in [1.82, 2.24) is 15.5 Å². The summed E-state index contributed by atoms with van der Waals surface area (Å²) in [5.41, 5.74) is 4.56. The van der Waals surface area contributed by atoms with Crippen LogP contribution < -0.4 is 10.6 Å². The van der Waals surface area contributed by atoms with E-state index in [4.69, 9.17) is 0 Å². The number of halogens is 1. The van der Waals surface area contributed by atoms with Crippen molar-refractivity contribution in [2.75, 3.05) is 19.6 Å². The predicted molar refractivity (Wildman–Crippen MR) is 137 cm³/mol. The summed E-state index contributed by atoms with van der Waals surface area (Å²) in [6.45, 7) is 17.3. The van der Waals surface area contributed by atoms with Crippen molar-refractivity contribution in [2.24, 2.45) is 11.8 Å². The van der Waals surface area contributed by atoms with Crippen LogP contribution in [0.5, 0.6) is 5.75 Å². The molecule has 4 rings (SSSR count). The molecular weight excluding hydrogens is 425 g/mol. The van der Waals surface area contributed by atoms with Gasteiger partial charge in [0.1, 0.15) is 11.6 Å². The highest BCUT2D eigenvalue weighted by Gasteiger charge is 2.38. The molecule has 0 aromatic heterocycles. The van der Waals surface area contributed by atoms with Gasteiger partial charge in [-0.2, -0.15) is 0 Å². The lowest BCUT2D eigenvalue weighted by molar-refractivity contribution is 0.0969. The molecule has 0 saturated carbocycles. The third-order valence-corrected chi connectivity index (χ3v) is 8.26. The number of nitrogens with zero attached hydrogens (tertiary/aromatic N) is 1. The summed E-state index contributed by atoms with van der Waals surface area (Å²) >= 11 is 0. The summed E-state index contributed by atoms with van der Waals surface area (Å²) in [6, 6.07) is 13.3. The average Bonchev–Trinajstić information content (AvgIpc) is 2.80. The lowest BCUT2D eigenvalue weighted by Gasteiger charge is -2.46. The highest BCUT2D eigenvalue weighted by molar-refractivity contribution is 5.34. The van der Waals surface area contributed by atoms with Gasteiger partial charge >= 0.3 is 0 Å². The number of nitrogens with one attached hydrogen (secondary N) is 2. The Hall–Kier alpha value is -2.37. The maximum Gasteiger partial charge on any atom is 0.123 e. The van der Waals surface area contributed by atoms with Crippen molar-refractivity contribution in [1.29, 1.82) is 0 Å².